The number of benzene rings is 2. The van der Waals surface area contributed by atoms with Crippen LogP contribution >= 0.6 is 11.3 Å². The first-order valence-electron chi connectivity index (χ1n) is 8.22. The monoisotopic (exact) mass is 384 g/mol. The van der Waals surface area contributed by atoms with E-state index in [0.29, 0.717) is 29.6 Å². The summed E-state index contributed by atoms with van der Waals surface area (Å²) in [6, 6.07) is 16.5. The van der Waals surface area contributed by atoms with Crippen LogP contribution in [-0.4, -0.2) is 24.3 Å². The van der Waals surface area contributed by atoms with Crippen LogP contribution in [0.2, 0.25) is 0 Å². The van der Waals surface area contributed by atoms with Crippen molar-refractivity contribution >= 4 is 29.0 Å². The summed E-state index contributed by atoms with van der Waals surface area (Å²) in [7, 11) is 0. The molecule has 0 spiro atoms. The maximum Gasteiger partial charge on any atom is 0.337 e. The van der Waals surface area contributed by atoms with Crippen molar-refractivity contribution in [1.82, 2.24) is 0 Å². The van der Waals surface area contributed by atoms with Crippen LogP contribution < -0.4 is 9.47 Å². The summed E-state index contributed by atoms with van der Waals surface area (Å²) in [4.78, 5) is 12.2. The molecule has 0 aliphatic carbocycles. The Morgan fingerprint density at radius 1 is 0.963 bits per heavy atom. The van der Waals surface area contributed by atoms with E-state index in [1.54, 1.807) is 48.5 Å². The first kappa shape index (κ1) is 18.7. The molecule has 6 heteroatoms. The predicted octanol–water partition coefficient (Wildman–Crippen LogP) is 4.97. The average molecular weight is 384 g/mol. The number of rotatable bonds is 8. The molecule has 0 aliphatic heterocycles. The Bertz CT molecular complexity index is 900. The van der Waals surface area contributed by atoms with Crippen LogP contribution in [0, 0.1) is 5.82 Å². The number of carbonyl (C=O) groups is 1. The van der Waals surface area contributed by atoms with E-state index in [9.17, 15) is 14.3 Å². The zero-order valence-corrected chi connectivity index (χ0v) is 15.1. The van der Waals surface area contributed by atoms with Gasteiger partial charge in [-0.05, 0) is 59.5 Å². The number of aliphatic carboxylic acids is 1. The second-order valence-electron chi connectivity index (χ2n) is 5.56. The topological polar surface area (TPSA) is 55.8 Å². The van der Waals surface area contributed by atoms with Gasteiger partial charge in [-0.2, -0.15) is 0 Å². The molecular formula is C21H17FO4S. The van der Waals surface area contributed by atoms with Gasteiger partial charge >= 0.3 is 5.97 Å². The molecule has 1 heterocycles. The van der Waals surface area contributed by atoms with Crippen molar-refractivity contribution in [2.75, 3.05) is 13.2 Å². The number of hydrogen-bond acceptors (Lipinski definition) is 4. The molecule has 1 N–H and O–H groups in total. The van der Waals surface area contributed by atoms with E-state index in [4.69, 9.17) is 9.47 Å². The first-order chi connectivity index (χ1) is 13.1. The van der Waals surface area contributed by atoms with Gasteiger partial charge in [0.1, 0.15) is 30.5 Å². The fourth-order valence-corrected chi connectivity index (χ4v) is 3.08. The van der Waals surface area contributed by atoms with Gasteiger partial charge < -0.3 is 14.6 Å². The molecule has 3 rings (SSSR count). The minimum Gasteiger partial charge on any atom is -0.490 e. The maximum atomic E-state index is 12.8. The Morgan fingerprint density at radius 2 is 1.56 bits per heavy atom. The molecule has 0 radical (unpaired) electrons. The fourth-order valence-electron chi connectivity index (χ4n) is 2.35. The number of carboxylic acids is 1. The summed E-state index contributed by atoms with van der Waals surface area (Å²) in [5.74, 6) is -0.0355. The van der Waals surface area contributed by atoms with E-state index in [2.05, 4.69) is 0 Å². The van der Waals surface area contributed by atoms with Crippen molar-refractivity contribution < 1.29 is 23.8 Å². The lowest BCUT2D eigenvalue weighted by molar-refractivity contribution is -0.130. The second kappa shape index (κ2) is 9.00. The van der Waals surface area contributed by atoms with Crippen LogP contribution in [-0.2, 0) is 4.79 Å². The molecule has 2 aromatic carbocycles. The van der Waals surface area contributed by atoms with Crippen molar-refractivity contribution in [1.29, 1.82) is 0 Å². The SMILES string of the molecule is O=C(O)/C(=C\c1ccc(OCCOc2ccc(F)cc2)cc1)c1cccs1. The third kappa shape index (κ3) is 5.43. The maximum absolute atomic E-state index is 12.8. The van der Waals surface area contributed by atoms with Gasteiger partial charge in [0.05, 0.1) is 5.57 Å². The van der Waals surface area contributed by atoms with Crippen LogP contribution in [0.15, 0.2) is 66.0 Å². The Balaban J connectivity index is 1.54. The van der Waals surface area contributed by atoms with E-state index in [0.717, 1.165) is 5.56 Å². The highest BCUT2D eigenvalue weighted by molar-refractivity contribution is 7.11. The standard InChI is InChI=1S/C21H17FO4S/c22-16-5-9-18(10-6-16)26-12-11-25-17-7-3-15(4-8-17)14-19(21(23)24)20-2-1-13-27-20/h1-10,13-14H,11-12H2,(H,23,24)/b19-14-. The van der Waals surface area contributed by atoms with E-state index < -0.39 is 5.97 Å². The molecule has 0 bridgehead atoms. The minimum absolute atomic E-state index is 0.256. The summed E-state index contributed by atoms with van der Waals surface area (Å²) in [6.45, 7) is 0.664. The van der Waals surface area contributed by atoms with Crippen LogP contribution in [0.5, 0.6) is 11.5 Å². The van der Waals surface area contributed by atoms with Crippen LogP contribution in [0.25, 0.3) is 11.6 Å². The molecular weight excluding hydrogens is 367 g/mol. The van der Waals surface area contributed by atoms with Crippen molar-refractivity contribution in [3.8, 4) is 11.5 Å². The molecule has 27 heavy (non-hydrogen) atoms. The van der Waals surface area contributed by atoms with E-state index in [1.807, 2.05) is 11.4 Å². The van der Waals surface area contributed by atoms with Crippen LogP contribution in [0.1, 0.15) is 10.4 Å². The van der Waals surface area contributed by atoms with Gasteiger partial charge in [-0.1, -0.05) is 18.2 Å². The van der Waals surface area contributed by atoms with Crippen molar-refractivity contribution in [3.05, 3.63) is 82.3 Å². The molecule has 4 nitrogen and oxygen atoms in total. The lowest BCUT2D eigenvalue weighted by atomic mass is 10.1. The largest absolute Gasteiger partial charge is 0.490 e. The summed E-state index contributed by atoms with van der Waals surface area (Å²) in [5, 5.41) is 11.2. The second-order valence-corrected chi connectivity index (χ2v) is 6.51. The molecule has 0 fully saturated rings. The number of hydrogen-bond donors (Lipinski definition) is 1. The third-order valence-electron chi connectivity index (χ3n) is 3.64. The normalized spacial score (nSPS) is 11.2. The molecule has 0 unspecified atom stereocenters. The Morgan fingerprint density at radius 3 is 2.07 bits per heavy atom. The number of carboxylic acid groups (broad SMARTS) is 1. The van der Waals surface area contributed by atoms with Crippen molar-refractivity contribution in [2.45, 2.75) is 0 Å². The minimum atomic E-state index is -0.962. The van der Waals surface area contributed by atoms with E-state index >= 15 is 0 Å². The third-order valence-corrected chi connectivity index (χ3v) is 4.55. The smallest absolute Gasteiger partial charge is 0.337 e. The lowest BCUT2D eigenvalue weighted by Crippen LogP contribution is -2.08. The molecule has 0 saturated carbocycles. The lowest BCUT2D eigenvalue weighted by Gasteiger charge is -2.08. The van der Waals surface area contributed by atoms with Gasteiger partial charge in [-0.3, -0.25) is 0 Å². The predicted molar refractivity (Wildman–Crippen MR) is 104 cm³/mol. The van der Waals surface area contributed by atoms with Gasteiger partial charge in [-0.25, -0.2) is 9.18 Å². The quantitative estimate of drug-likeness (QED) is 0.440. The molecule has 0 saturated heterocycles. The summed E-state index contributed by atoms with van der Waals surface area (Å²) in [5.41, 5.74) is 1.03. The highest BCUT2D eigenvalue weighted by atomic mass is 32.1. The zero-order valence-electron chi connectivity index (χ0n) is 14.3. The molecule has 1 aromatic heterocycles. The molecule has 0 aliphatic rings. The molecule has 138 valence electrons. The Hall–Kier alpha value is -3.12. The van der Waals surface area contributed by atoms with Crippen molar-refractivity contribution in [2.24, 2.45) is 0 Å². The van der Waals surface area contributed by atoms with Gasteiger partial charge in [0.2, 0.25) is 0 Å². The van der Waals surface area contributed by atoms with E-state index in [-0.39, 0.29) is 11.4 Å². The number of thiophene rings is 1. The summed E-state index contributed by atoms with van der Waals surface area (Å²) >= 11 is 1.39. The summed E-state index contributed by atoms with van der Waals surface area (Å²) < 4.78 is 23.9. The summed E-state index contributed by atoms with van der Waals surface area (Å²) in [6.07, 6.45) is 1.63. The molecule has 0 atom stereocenters. The van der Waals surface area contributed by atoms with Gasteiger partial charge in [0.15, 0.2) is 0 Å². The average Bonchev–Trinajstić information content (AvgIpc) is 3.20. The van der Waals surface area contributed by atoms with Crippen LogP contribution in [0.3, 0.4) is 0 Å². The highest BCUT2D eigenvalue weighted by Crippen LogP contribution is 2.24. The number of halogens is 1. The molecule has 0 amide bonds. The van der Waals surface area contributed by atoms with Gasteiger partial charge in [0.25, 0.3) is 0 Å². The Labute approximate surface area is 160 Å². The van der Waals surface area contributed by atoms with Gasteiger partial charge in [-0.15, -0.1) is 11.3 Å². The fraction of sp³-hybridized carbons (Fsp3) is 0.0952. The van der Waals surface area contributed by atoms with Gasteiger partial charge in [0, 0.05) is 4.88 Å². The first-order valence-corrected chi connectivity index (χ1v) is 9.10. The number of ether oxygens (including phenoxy) is 2. The van der Waals surface area contributed by atoms with Crippen molar-refractivity contribution in [3.63, 3.8) is 0 Å². The van der Waals surface area contributed by atoms with Crippen LogP contribution in [0.4, 0.5) is 4.39 Å². The van der Waals surface area contributed by atoms with E-state index in [1.165, 1.54) is 23.5 Å². The zero-order chi connectivity index (χ0) is 19.1. The Kier molecular flexibility index (Phi) is 6.22. The highest BCUT2D eigenvalue weighted by Gasteiger charge is 2.11. The molecule has 3 aromatic rings.